The van der Waals surface area contributed by atoms with Gasteiger partial charge in [0.25, 0.3) is 0 Å². The summed E-state index contributed by atoms with van der Waals surface area (Å²) in [5, 5.41) is 0. The van der Waals surface area contributed by atoms with Crippen molar-refractivity contribution in [3.8, 4) is 22.3 Å². The van der Waals surface area contributed by atoms with Crippen molar-refractivity contribution < 1.29 is 0 Å². The number of rotatable bonds is 20. The highest BCUT2D eigenvalue weighted by atomic mass is 32.2. The lowest BCUT2D eigenvalue weighted by molar-refractivity contribution is 0.793. The molecule has 0 atom stereocenters. The van der Waals surface area contributed by atoms with Crippen LogP contribution in [0.1, 0.15) is 22.3 Å². The Balaban J connectivity index is 1.10. The molecule has 0 amide bonds. The maximum absolute atomic E-state index is 2.54. The fraction of sp³-hybridized carbons (Fsp3) is 0.111. The van der Waals surface area contributed by atoms with Crippen molar-refractivity contribution in [2.24, 2.45) is 0 Å². The van der Waals surface area contributed by atoms with Gasteiger partial charge in [0.05, 0.1) is 5.41 Å². The quantitative estimate of drug-likeness (QED) is 0.0675. The molecule has 14 rings (SSSR count). The molecule has 0 unspecified atom stereocenters. The molecular weight excluding hydrogens is 1290 g/mol. The molecule has 12 heteroatoms. The molecule has 0 aliphatic heterocycles. The van der Waals surface area contributed by atoms with Gasteiger partial charge in [-0.15, -0.1) is 94.1 Å². The molecule has 12 aromatic carbocycles. The molecule has 0 saturated carbocycles. The van der Waals surface area contributed by atoms with Crippen LogP contribution >= 0.6 is 94.1 Å². The molecule has 0 aromatic heterocycles. The van der Waals surface area contributed by atoms with Gasteiger partial charge in [-0.05, 0) is 337 Å². The van der Waals surface area contributed by atoms with Crippen LogP contribution in [-0.2, 0) is 5.41 Å². The number of hydrogen-bond donors (Lipinski definition) is 0. The average molecular weight is 1350 g/mol. The topological polar surface area (TPSA) is 13.0 Å². The Labute approximate surface area is 582 Å². The fourth-order valence-electron chi connectivity index (χ4n) is 13.4. The summed E-state index contributed by atoms with van der Waals surface area (Å²) in [5.74, 6) is 0. The van der Waals surface area contributed by atoms with Crippen molar-refractivity contribution in [1.82, 2.24) is 0 Å². The Kier molecular flexibility index (Phi) is 18.7. The average Bonchev–Trinajstić information content (AvgIpc) is 1.51. The third kappa shape index (κ3) is 11.9. The zero-order valence-corrected chi connectivity index (χ0v) is 59.5. The zero-order valence-electron chi connectivity index (χ0n) is 53.0. The molecule has 0 radical (unpaired) electrons. The molecule has 93 heavy (non-hydrogen) atoms. The first kappa shape index (κ1) is 63.1. The number of nitrogens with zero attached hydrogens (tertiary/aromatic N) is 4. The van der Waals surface area contributed by atoms with E-state index in [9.17, 15) is 0 Å². The van der Waals surface area contributed by atoms with Gasteiger partial charge in [0, 0.05) is 107 Å². The van der Waals surface area contributed by atoms with Gasteiger partial charge in [-0.1, -0.05) is 24.3 Å². The Hall–Kier alpha value is -7.36. The van der Waals surface area contributed by atoms with E-state index in [0.717, 1.165) is 68.2 Å². The molecule has 4 nitrogen and oxygen atoms in total. The Morgan fingerprint density at radius 3 is 0.430 bits per heavy atom. The lowest BCUT2D eigenvalue weighted by Gasteiger charge is -2.35. The first-order chi connectivity index (χ1) is 45.7. The Morgan fingerprint density at radius 1 is 0.172 bits per heavy atom. The van der Waals surface area contributed by atoms with Gasteiger partial charge >= 0.3 is 0 Å². The smallest absolute Gasteiger partial charge is 0.0728 e. The Bertz CT molecular complexity index is 3850. The number of hydrogen-bond acceptors (Lipinski definition) is 12. The minimum absolute atomic E-state index is 0.879. The van der Waals surface area contributed by atoms with Crippen molar-refractivity contribution >= 4 is 162 Å². The standard InChI is InChI=1S/C81H68N4S8/c1-86-65-29-9-53(10-30-65)82(54-11-31-66(87-2)32-12-54)61-25-45-73-74-46-26-62(83(55-13-33-67(88-3)34-14-55)56-15-35-68(89-4)36-16-56)50-78(74)81(77(73)49-61)79-51-63(84(57-17-37-69(90-5)38-18-57)58-19-39-70(91-6)40-20-58)27-47-75(79)76-48-28-64(52-80(76)81)85(59-21-41-71(92-7)42-22-59)60-23-43-72(93-8)44-24-60/h9-52H,1-8H3. The van der Waals surface area contributed by atoms with Crippen LogP contribution in [0.25, 0.3) is 22.3 Å². The second-order valence-corrected chi connectivity index (χ2v) is 29.6. The summed E-state index contributed by atoms with van der Waals surface area (Å²) in [6.45, 7) is 0. The largest absolute Gasteiger partial charge is 0.310 e. The number of thioether (sulfide) groups is 8. The lowest BCUT2D eigenvalue weighted by Crippen LogP contribution is -2.27. The summed E-state index contributed by atoms with van der Waals surface area (Å²) in [7, 11) is 0. The molecule has 2 aliphatic rings. The highest BCUT2D eigenvalue weighted by Gasteiger charge is 2.53. The number of fused-ring (bicyclic) bond motifs is 10. The summed E-state index contributed by atoms with van der Waals surface area (Å²) in [5.41, 5.74) is 21.9. The molecule has 2 aliphatic carbocycles. The zero-order chi connectivity index (χ0) is 63.7. The van der Waals surface area contributed by atoms with Gasteiger partial charge in [-0.3, -0.25) is 0 Å². The van der Waals surface area contributed by atoms with Crippen molar-refractivity contribution in [1.29, 1.82) is 0 Å². The SMILES string of the molecule is CSc1ccc(N(c2ccc(SC)cc2)c2ccc3c(c2)C2(c4cc(N(c5ccc(SC)cc5)c5ccc(SC)cc5)ccc4-3)c3cc(N(c4ccc(SC)cc4)c4ccc(SC)cc4)ccc3-c3ccc(N(c4ccc(SC)cc4)c4ccc(SC)cc4)cc32)cc1. The highest BCUT2D eigenvalue weighted by molar-refractivity contribution is 8.00. The molecule has 0 N–H and O–H groups in total. The highest BCUT2D eigenvalue weighted by Crippen LogP contribution is 2.66. The van der Waals surface area contributed by atoms with Gasteiger partial charge in [0.2, 0.25) is 0 Å². The summed E-state index contributed by atoms with van der Waals surface area (Å²) >= 11 is 14.1. The van der Waals surface area contributed by atoms with Crippen LogP contribution in [0.3, 0.4) is 0 Å². The molecule has 0 saturated heterocycles. The maximum atomic E-state index is 2.54. The van der Waals surface area contributed by atoms with E-state index in [0.29, 0.717) is 0 Å². The van der Waals surface area contributed by atoms with E-state index >= 15 is 0 Å². The van der Waals surface area contributed by atoms with E-state index in [4.69, 9.17) is 0 Å². The van der Waals surface area contributed by atoms with Crippen LogP contribution in [0.4, 0.5) is 68.2 Å². The summed E-state index contributed by atoms with van der Waals surface area (Å²) in [4.78, 5) is 19.6. The van der Waals surface area contributed by atoms with E-state index in [-0.39, 0.29) is 0 Å². The van der Waals surface area contributed by atoms with E-state index < -0.39 is 5.41 Å². The van der Waals surface area contributed by atoms with Crippen LogP contribution in [0, 0.1) is 0 Å². The van der Waals surface area contributed by atoms with Crippen LogP contribution < -0.4 is 19.6 Å². The molecule has 0 heterocycles. The van der Waals surface area contributed by atoms with Gasteiger partial charge in [-0.25, -0.2) is 0 Å². The number of anilines is 12. The molecular formula is C81H68N4S8. The van der Waals surface area contributed by atoms with Crippen molar-refractivity contribution in [3.63, 3.8) is 0 Å². The maximum Gasteiger partial charge on any atom is 0.0728 e. The van der Waals surface area contributed by atoms with Crippen molar-refractivity contribution in [2.45, 2.75) is 44.6 Å². The van der Waals surface area contributed by atoms with Crippen molar-refractivity contribution in [2.75, 3.05) is 69.6 Å². The molecule has 0 bridgehead atoms. The third-order valence-corrected chi connectivity index (χ3v) is 23.8. The van der Waals surface area contributed by atoms with E-state index in [1.165, 1.54) is 83.7 Å². The van der Waals surface area contributed by atoms with Gasteiger partial charge < -0.3 is 19.6 Å². The fourth-order valence-corrected chi connectivity index (χ4v) is 16.6. The predicted molar refractivity (Wildman–Crippen MR) is 416 cm³/mol. The lowest BCUT2D eigenvalue weighted by atomic mass is 9.70. The monoisotopic (exact) mass is 1350 g/mol. The third-order valence-electron chi connectivity index (χ3n) is 17.9. The normalized spacial score (nSPS) is 12.3. The Morgan fingerprint density at radius 2 is 0.301 bits per heavy atom. The second kappa shape index (κ2) is 27.5. The van der Waals surface area contributed by atoms with Crippen LogP contribution in [-0.4, -0.2) is 50.0 Å². The van der Waals surface area contributed by atoms with Crippen LogP contribution in [0.5, 0.6) is 0 Å². The summed E-state index contributed by atoms with van der Waals surface area (Å²) < 4.78 is 0. The summed E-state index contributed by atoms with van der Waals surface area (Å²) in [6, 6.07) is 102. The first-order valence-electron chi connectivity index (χ1n) is 30.6. The minimum Gasteiger partial charge on any atom is -0.310 e. The summed E-state index contributed by atoms with van der Waals surface area (Å²) in [6.07, 6.45) is 17.2. The van der Waals surface area contributed by atoms with Crippen molar-refractivity contribution in [3.05, 3.63) is 289 Å². The van der Waals surface area contributed by atoms with Gasteiger partial charge in [0.15, 0.2) is 0 Å². The second-order valence-electron chi connectivity index (χ2n) is 22.6. The number of benzene rings is 12. The van der Waals surface area contributed by atoms with Crippen LogP contribution in [0.2, 0.25) is 0 Å². The van der Waals surface area contributed by atoms with Crippen LogP contribution in [0.15, 0.2) is 306 Å². The van der Waals surface area contributed by atoms with Gasteiger partial charge in [0.1, 0.15) is 0 Å². The molecule has 12 aromatic rings. The van der Waals surface area contributed by atoms with E-state index in [1.807, 2.05) is 0 Å². The molecule has 1 spiro atoms. The minimum atomic E-state index is -0.879. The van der Waals surface area contributed by atoms with E-state index in [1.54, 1.807) is 94.1 Å². The van der Waals surface area contributed by atoms with E-state index in [2.05, 4.69) is 337 Å². The molecule has 460 valence electrons. The molecule has 0 fully saturated rings. The van der Waals surface area contributed by atoms with Gasteiger partial charge in [-0.2, -0.15) is 0 Å². The first-order valence-corrected chi connectivity index (χ1v) is 40.4. The predicted octanol–water partition coefficient (Wildman–Crippen LogP) is 25.7.